The van der Waals surface area contributed by atoms with E-state index < -0.39 is 5.63 Å². The van der Waals surface area contributed by atoms with E-state index in [4.69, 9.17) is 4.42 Å². The monoisotopic (exact) mass is 368 g/mol. The molecule has 142 valence electrons. The topological polar surface area (TPSA) is 88.3 Å². The third-order valence-corrected chi connectivity index (χ3v) is 5.49. The summed E-state index contributed by atoms with van der Waals surface area (Å²) in [6.07, 6.45) is 8.47. The summed E-state index contributed by atoms with van der Waals surface area (Å²) in [4.78, 5) is 35.8. The summed E-state index contributed by atoms with van der Waals surface area (Å²) in [5.41, 5.74) is 0.268. The zero-order valence-electron chi connectivity index (χ0n) is 15.5. The van der Waals surface area contributed by atoms with Crippen LogP contribution in [0.4, 0.5) is 5.95 Å². The summed E-state index contributed by atoms with van der Waals surface area (Å²) in [5, 5.41) is 3.00. The number of carbonyl (C=O) groups is 1. The third-order valence-electron chi connectivity index (χ3n) is 5.49. The second-order valence-electron chi connectivity index (χ2n) is 7.43. The van der Waals surface area contributed by atoms with E-state index in [9.17, 15) is 9.59 Å². The first-order chi connectivity index (χ1) is 13.1. The fourth-order valence-electron chi connectivity index (χ4n) is 3.79. The SMILES string of the molecule is Cc1cc(C2CCC2)oc(=O)c1C(=O)NC1CCCN(c2ncccn2)C1. The Bertz CT molecular complexity index is 877. The Hall–Kier alpha value is -2.70. The van der Waals surface area contributed by atoms with Gasteiger partial charge in [-0.05, 0) is 50.3 Å². The predicted octanol–water partition coefficient (Wildman–Crippen LogP) is 2.40. The van der Waals surface area contributed by atoms with Crippen LogP contribution in [0, 0.1) is 6.92 Å². The maximum atomic E-state index is 12.7. The van der Waals surface area contributed by atoms with Crippen LogP contribution >= 0.6 is 0 Å². The van der Waals surface area contributed by atoms with Gasteiger partial charge in [0.2, 0.25) is 5.95 Å². The molecule has 1 atom stereocenters. The smallest absolute Gasteiger partial charge is 0.349 e. The Morgan fingerprint density at radius 3 is 2.67 bits per heavy atom. The van der Waals surface area contributed by atoms with Crippen molar-refractivity contribution < 1.29 is 9.21 Å². The quantitative estimate of drug-likeness (QED) is 0.892. The lowest BCUT2D eigenvalue weighted by molar-refractivity contribution is 0.0927. The van der Waals surface area contributed by atoms with Gasteiger partial charge < -0.3 is 14.6 Å². The number of aromatic nitrogens is 2. The van der Waals surface area contributed by atoms with Crippen LogP contribution in [-0.2, 0) is 0 Å². The molecule has 7 heteroatoms. The molecule has 1 saturated carbocycles. The summed E-state index contributed by atoms with van der Waals surface area (Å²) in [5.74, 6) is 1.34. The Balaban J connectivity index is 1.46. The van der Waals surface area contributed by atoms with Crippen LogP contribution in [0.15, 0.2) is 33.7 Å². The number of nitrogens with zero attached hydrogens (tertiary/aromatic N) is 3. The molecule has 2 fully saturated rings. The molecule has 4 rings (SSSR count). The molecule has 0 bridgehead atoms. The van der Waals surface area contributed by atoms with Gasteiger partial charge in [0.1, 0.15) is 11.3 Å². The van der Waals surface area contributed by atoms with Gasteiger partial charge in [-0.2, -0.15) is 0 Å². The molecule has 1 aliphatic carbocycles. The van der Waals surface area contributed by atoms with Crippen molar-refractivity contribution >= 4 is 11.9 Å². The molecule has 3 heterocycles. The number of hydrogen-bond donors (Lipinski definition) is 1. The van der Waals surface area contributed by atoms with E-state index in [0.29, 0.717) is 29.7 Å². The maximum Gasteiger partial charge on any atom is 0.349 e. The predicted molar refractivity (Wildman–Crippen MR) is 101 cm³/mol. The Labute approximate surface area is 157 Å². The van der Waals surface area contributed by atoms with E-state index in [0.717, 1.165) is 32.2 Å². The molecule has 2 aliphatic rings. The largest absolute Gasteiger partial charge is 0.427 e. The van der Waals surface area contributed by atoms with Crippen LogP contribution in [-0.4, -0.2) is 35.0 Å². The van der Waals surface area contributed by atoms with Crippen LogP contribution < -0.4 is 15.8 Å². The average Bonchev–Trinajstić information content (AvgIpc) is 2.60. The molecule has 1 saturated heterocycles. The van der Waals surface area contributed by atoms with Crippen molar-refractivity contribution in [2.75, 3.05) is 18.0 Å². The zero-order valence-corrected chi connectivity index (χ0v) is 15.5. The van der Waals surface area contributed by atoms with E-state index in [1.54, 1.807) is 25.4 Å². The number of hydrogen-bond acceptors (Lipinski definition) is 6. The van der Waals surface area contributed by atoms with Gasteiger partial charge in [-0.3, -0.25) is 4.79 Å². The van der Waals surface area contributed by atoms with Gasteiger partial charge in [0.05, 0.1) is 0 Å². The van der Waals surface area contributed by atoms with Gasteiger partial charge in [-0.1, -0.05) is 6.42 Å². The highest BCUT2D eigenvalue weighted by Crippen LogP contribution is 2.36. The minimum Gasteiger partial charge on any atom is -0.427 e. The Morgan fingerprint density at radius 1 is 1.22 bits per heavy atom. The normalized spacial score (nSPS) is 20.2. The van der Waals surface area contributed by atoms with Crippen molar-refractivity contribution in [1.29, 1.82) is 0 Å². The van der Waals surface area contributed by atoms with Crippen molar-refractivity contribution in [3.05, 3.63) is 51.8 Å². The highest BCUT2D eigenvalue weighted by Gasteiger charge is 2.27. The highest BCUT2D eigenvalue weighted by atomic mass is 16.4. The molecule has 1 unspecified atom stereocenters. The van der Waals surface area contributed by atoms with Crippen molar-refractivity contribution in [2.45, 2.75) is 51.0 Å². The number of piperidine rings is 1. The average molecular weight is 368 g/mol. The van der Waals surface area contributed by atoms with Gasteiger partial charge in [0.25, 0.3) is 5.91 Å². The summed E-state index contributed by atoms with van der Waals surface area (Å²) < 4.78 is 5.45. The molecule has 0 aromatic carbocycles. The molecule has 0 spiro atoms. The molecular weight excluding hydrogens is 344 g/mol. The van der Waals surface area contributed by atoms with Crippen LogP contribution in [0.3, 0.4) is 0 Å². The number of aryl methyl sites for hydroxylation is 1. The number of nitrogens with one attached hydrogen (secondary N) is 1. The fourth-order valence-corrected chi connectivity index (χ4v) is 3.79. The fraction of sp³-hybridized carbons (Fsp3) is 0.500. The molecule has 1 N–H and O–H groups in total. The number of amides is 1. The van der Waals surface area contributed by atoms with Gasteiger partial charge in [-0.15, -0.1) is 0 Å². The van der Waals surface area contributed by atoms with Crippen molar-refractivity contribution in [1.82, 2.24) is 15.3 Å². The molecule has 1 aliphatic heterocycles. The van der Waals surface area contributed by atoms with Gasteiger partial charge in [0, 0.05) is 37.4 Å². The van der Waals surface area contributed by atoms with Gasteiger partial charge in [0.15, 0.2) is 0 Å². The van der Waals surface area contributed by atoms with E-state index in [1.165, 1.54) is 6.42 Å². The second kappa shape index (κ2) is 7.50. The molecule has 0 radical (unpaired) electrons. The second-order valence-corrected chi connectivity index (χ2v) is 7.43. The summed E-state index contributed by atoms with van der Waals surface area (Å²) in [6, 6.07) is 3.58. The standard InChI is InChI=1S/C20H24N4O3/c1-13-11-16(14-5-2-6-14)27-19(26)17(13)18(25)23-15-7-3-10-24(12-15)20-21-8-4-9-22-20/h4,8-9,11,14-15H,2-3,5-7,10,12H2,1H3,(H,23,25). The third kappa shape index (κ3) is 3.72. The first-order valence-electron chi connectivity index (χ1n) is 9.59. The minimum atomic E-state index is -0.534. The lowest BCUT2D eigenvalue weighted by Crippen LogP contribution is -2.49. The van der Waals surface area contributed by atoms with Gasteiger partial charge in [-0.25, -0.2) is 14.8 Å². The van der Waals surface area contributed by atoms with E-state index in [2.05, 4.69) is 20.2 Å². The van der Waals surface area contributed by atoms with Gasteiger partial charge >= 0.3 is 5.63 Å². The summed E-state index contributed by atoms with van der Waals surface area (Å²) in [6.45, 7) is 3.28. The molecule has 2 aromatic heterocycles. The maximum absolute atomic E-state index is 12.7. The van der Waals surface area contributed by atoms with E-state index >= 15 is 0 Å². The number of anilines is 1. The van der Waals surface area contributed by atoms with Crippen LogP contribution in [0.2, 0.25) is 0 Å². The Morgan fingerprint density at radius 2 is 2.00 bits per heavy atom. The van der Waals surface area contributed by atoms with Crippen LogP contribution in [0.5, 0.6) is 0 Å². The lowest BCUT2D eigenvalue weighted by atomic mass is 9.83. The summed E-state index contributed by atoms with van der Waals surface area (Å²) in [7, 11) is 0. The number of carbonyl (C=O) groups excluding carboxylic acids is 1. The summed E-state index contributed by atoms with van der Waals surface area (Å²) >= 11 is 0. The zero-order chi connectivity index (χ0) is 18.8. The van der Waals surface area contributed by atoms with Crippen LogP contribution in [0.25, 0.3) is 0 Å². The minimum absolute atomic E-state index is 0.0554. The molecule has 27 heavy (non-hydrogen) atoms. The van der Waals surface area contributed by atoms with Crippen molar-refractivity contribution in [3.63, 3.8) is 0 Å². The molecule has 7 nitrogen and oxygen atoms in total. The number of rotatable bonds is 4. The first kappa shape index (κ1) is 17.7. The van der Waals surface area contributed by atoms with Crippen molar-refractivity contribution in [2.24, 2.45) is 0 Å². The highest BCUT2D eigenvalue weighted by molar-refractivity contribution is 5.95. The molecular formula is C20H24N4O3. The van der Waals surface area contributed by atoms with E-state index in [1.807, 2.05) is 6.07 Å². The van der Waals surface area contributed by atoms with Crippen molar-refractivity contribution in [3.8, 4) is 0 Å². The Kier molecular flexibility index (Phi) is 4.92. The van der Waals surface area contributed by atoms with Crippen LogP contribution in [0.1, 0.15) is 59.7 Å². The molecule has 1 amide bonds. The van der Waals surface area contributed by atoms with E-state index in [-0.39, 0.29) is 17.5 Å². The first-order valence-corrected chi connectivity index (χ1v) is 9.59. The lowest BCUT2D eigenvalue weighted by Gasteiger charge is -2.33. The molecule has 2 aromatic rings.